The van der Waals surface area contributed by atoms with E-state index in [1.807, 2.05) is 6.92 Å². The van der Waals surface area contributed by atoms with Crippen LogP contribution in [0.1, 0.15) is 19.8 Å². The Morgan fingerprint density at radius 3 is 2.61 bits per heavy atom. The minimum Gasteiger partial charge on any atom is -0.480 e. The number of nitrogens with one attached hydrogen (secondary N) is 1. The molecule has 0 saturated heterocycles. The van der Waals surface area contributed by atoms with Crippen LogP contribution in [0.25, 0.3) is 0 Å². The molecule has 0 aromatic heterocycles. The van der Waals surface area contributed by atoms with Crippen LogP contribution in [0.15, 0.2) is 0 Å². The minimum absolute atomic E-state index is 0.0802. The summed E-state index contributed by atoms with van der Waals surface area (Å²) in [6.07, 6.45) is 1.11. The number of hydrogen-bond donors (Lipinski definition) is 3. The predicted molar refractivity (Wildman–Crippen MR) is 65.4 cm³/mol. The summed E-state index contributed by atoms with van der Waals surface area (Å²) in [6, 6.07) is -0.545. The highest BCUT2D eigenvalue weighted by atomic mass is 16.5. The number of ether oxygens (including phenoxy) is 2. The van der Waals surface area contributed by atoms with Crippen LogP contribution in [0.5, 0.6) is 0 Å². The highest BCUT2D eigenvalue weighted by Crippen LogP contribution is 2.32. The summed E-state index contributed by atoms with van der Waals surface area (Å²) in [7, 11) is 1.59. The Balaban J connectivity index is 2.15. The molecule has 3 unspecified atom stereocenters. The Bertz CT molecular complexity index is 257. The molecule has 0 spiro atoms. The van der Waals surface area contributed by atoms with Crippen molar-refractivity contribution in [2.24, 2.45) is 5.92 Å². The first-order chi connectivity index (χ1) is 8.54. The second-order valence-electron chi connectivity index (χ2n) is 4.81. The highest BCUT2D eigenvalue weighted by molar-refractivity contribution is 5.74. The third-order valence-corrected chi connectivity index (χ3v) is 2.91. The average molecular weight is 261 g/mol. The van der Waals surface area contributed by atoms with Gasteiger partial charge in [0.05, 0.1) is 25.4 Å². The maximum Gasteiger partial charge on any atom is 0.320 e. The van der Waals surface area contributed by atoms with Crippen molar-refractivity contribution in [2.75, 3.05) is 26.9 Å². The summed E-state index contributed by atoms with van der Waals surface area (Å²) >= 11 is 0. The van der Waals surface area contributed by atoms with Crippen LogP contribution >= 0.6 is 0 Å². The summed E-state index contributed by atoms with van der Waals surface area (Å²) in [5.41, 5.74) is 0. The molecule has 0 aliphatic heterocycles. The predicted octanol–water partition coefficient (Wildman–Crippen LogP) is -0.148. The van der Waals surface area contributed by atoms with Crippen molar-refractivity contribution >= 4 is 5.97 Å². The van der Waals surface area contributed by atoms with E-state index in [-0.39, 0.29) is 25.2 Å². The molecule has 1 aliphatic rings. The van der Waals surface area contributed by atoms with Crippen LogP contribution < -0.4 is 5.32 Å². The lowest BCUT2D eigenvalue weighted by atomic mass is 10.2. The molecule has 18 heavy (non-hydrogen) atoms. The fourth-order valence-corrected chi connectivity index (χ4v) is 1.77. The second kappa shape index (κ2) is 7.68. The van der Waals surface area contributed by atoms with Gasteiger partial charge in [0.25, 0.3) is 0 Å². The smallest absolute Gasteiger partial charge is 0.320 e. The van der Waals surface area contributed by atoms with Gasteiger partial charge in [-0.15, -0.1) is 0 Å². The minimum atomic E-state index is -0.849. The number of aliphatic hydroxyl groups excluding tert-OH is 1. The molecule has 1 rings (SSSR count). The number of rotatable bonds is 10. The third-order valence-electron chi connectivity index (χ3n) is 2.91. The summed E-state index contributed by atoms with van der Waals surface area (Å²) in [5.74, 6) is -0.638. The maximum absolute atomic E-state index is 11.0. The fourth-order valence-electron chi connectivity index (χ4n) is 1.77. The summed E-state index contributed by atoms with van der Waals surface area (Å²) in [6.45, 7) is 2.73. The maximum atomic E-state index is 11.0. The lowest BCUT2D eigenvalue weighted by Gasteiger charge is -2.19. The second-order valence-corrected chi connectivity index (χ2v) is 4.81. The van der Waals surface area contributed by atoms with Gasteiger partial charge in [0.1, 0.15) is 6.04 Å². The molecule has 0 amide bonds. The van der Waals surface area contributed by atoms with Crippen LogP contribution in [0.3, 0.4) is 0 Å². The van der Waals surface area contributed by atoms with Gasteiger partial charge >= 0.3 is 5.97 Å². The average Bonchev–Trinajstić information content (AvgIpc) is 3.11. The normalized spacial score (nSPS) is 20.4. The van der Waals surface area contributed by atoms with Gasteiger partial charge in [-0.2, -0.15) is 0 Å². The Labute approximate surface area is 107 Å². The number of hydrogen-bond acceptors (Lipinski definition) is 5. The first kappa shape index (κ1) is 15.4. The lowest BCUT2D eigenvalue weighted by molar-refractivity contribution is -0.140. The summed E-state index contributed by atoms with van der Waals surface area (Å²) in [4.78, 5) is 11.0. The van der Waals surface area contributed by atoms with Crippen molar-refractivity contribution < 1.29 is 24.5 Å². The molecule has 6 heteroatoms. The van der Waals surface area contributed by atoms with Crippen molar-refractivity contribution in [3.05, 3.63) is 0 Å². The Morgan fingerprint density at radius 2 is 2.11 bits per heavy atom. The van der Waals surface area contributed by atoms with Crippen LogP contribution in [0.2, 0.25) is 0 Å². The van der Waals surface area contributed by atoms with Crippen LogP contribution in [0, 0.1) is 5.92 Å². The van der Waals surface area contributed by atoms with E-state index in [4.69, 9.17) is 14.6 Å². The first-order valence-corrected chi connectivity index (χ1v) is 6.29. The Hall–Kier alpha value is -0.690. The van der Waals surface area contributed by atoms with Gasteiger partial charge in [-0.05, 0) is 25.7 Å². The van der Waals surface area contributed by atoms with E-state index in [1.54, 1.807) is 7.11 Å². The molecule has 1 fully saturated rings. The first-order valence-electron chi connectivity index (χ1n) is 6.29. The SMILES string of the molecule is COCC(C)OCC(O)CNC(C(=O)O)C1CC1. The van der Waals surface area contributed by atoms with E-state index in [0.717, 1.165) is 12.8 Å². The molecule has 0 bridgehead atoms. The zero-order valence-electron chi connectivity index (χ0n) is 11.0. The standard InChI is InChI=1S/C12H23NO5/c1-8(6-17-2)18-7-10(14)5-13-11(12(15)16)9-3-4-9/h8-11,13-14H,3-7H2,1-2H3,(H,15,16). The van der Waals surface area contributed by atoms with Gasteiger partial charge < -0.3 is 25.0 Å². The van der Waals surface area contributed by atoms with Crippen molar-refractivity contribution in [3.63, 3.8) is 0 Å². The van der Waals surface area contributed by atoms with E-state index in [0.29, 0.717) is 6.61 Å². The number of methoxy groups -OCH3 is 1. The zero-order valence-corrected chi connectivity index (χ0v) is 11.0. The van der Waals surface area contributed by atoms with Crippen molar-refractivity contribution in [1.29, 1.82) is 0 Å². The van der Waals surface area contributed by atoms with Gasteiger partial charge in [0.15, 0.2) is 0 Å². The topological polar surface area (TPSA) is 88.0 Å². The van der Waals surface area contributed by atoms with E-state index < -0.39 is 18.1 Å². The molecular weight excluding hydrogens is 238 g/mol. The number of aliphatic carboxylic acids is 1. The molecule has 106 valence electrons. The molecule has 1 saturated carbocycles. The van der Waals surface area contributed by atoms with Crippen LogP contribution in [-0.2, 0) is 14.3 Å². The van der Waals surface area contributed by atoms with E-state index >= 15 is 0 Å². The summed E-state index contributed by atoms with van der Waals surface area (Å²) in [5, 5.41) is 21.5. The molecule has 3 N–H and O–H groups in total. The van der Waals surface area contributed by atoms with Crippen LogP contribution in [0.4, 0.5) is 0 Å². The molecule has 0 radical (unpaired) electrons. The number of carboxylic acid groups (broad SMARTS) is 1. The van der Waals surface area contributed by atoms with Crippen molar-refractivity contribution in [2.45, 2.75) is 38.0 Å². The van der Waals surface area contributed by atoms with Crippen molar-refractivity contribution in [3.8, 4) is 0 Å². The van der Waals surface area contributed by atoms with Crippen molar-refractivity contribution in [1.82, 2.24) is 5.32 Å². The van der Waals surface area contributed by atoms with E-state index in [2.05, 4.69) is 5.32 Å². The van der Waals surface area contributed by atoms with Gasteiger partial charge in [-0.25, -0.2) is 0 Å². The molecular formula is C12H23NO5. The Kier molecular flexibility index (Phi) is 6.56. The number of carboxylic acids is 1. The quantitative estimate of drug-likeness (QED) is 0.507. The Morgan fingerprint density at radius 1 is 1.44 bits per heavy atom. The van der Waals surface area contributed by atoms with E-state index in [1.165, 1.54) is 0 Å². The monoisotopic (exact) mass is 261 g/mol. The molecule has 1 aliphatic carbocycles. The third kappa shape index (κ3) is 5.77. The summed E-state index contributed by atoms with van der Waals surface area (Å²) < 4.78 is 10.3. The van der Waals surface area contributed by atoms with E-state index in [9.17, 15) is 9.90 Å². The molecule has 6 nitrogen and oxygen atoms in total. The van der Waals surface area contributed by atoms with Gasteiger partial charge in [-0.1, -0.05) is 0 Å². The van der Waals surface area contributed by atoms with Gasteiger partial charge in [-0.3, -0.25) is 4.79 Å². The molecule has 0 aromatic rings. The number of carbonyl (C=O) groups is 1. The molecule has 3 atom stereocenters. The zero-order chi connectivity index (χ0) is 13.5. The van der Waals surface area contributed by atoms with Gasteiger partial charge in [0.2, 0.25) is 0 Å². The fraction of sp³-hybridized carbons (Fsp3) is 0.917. The highest BCUT2D eigenvalue weighted by Gasteiger charge is 2.36. The molecule has 0 aromatic carbocycles. The lowest BCUT2D eigenvalue weighted by Crippen LogP contribution is -2.43. The molecule has 0 heterocycles. The van der Waals surface area contributed by atoms with Gasteiger partial charge in [0, 0.05) is 13.7 Å². The largest absolute Gasteiger partial charge is 0.480 e. The number of aliphatic hydroxyl groups is 1. The van der Waals surface area contributed by atoms with Crippen LogP contribution in [-0.4, -0.2) is 61.3 Å².